The Morgan fingerprint density at radius 3 is 2.78 bits per heavy atom. The molecule has 2 rings (SSSR count). The minimum Gasteiger partial charge on any atom is -0.385 e. The number of anilines is 1. The predicted octanol–water partition coefficient (Wildman–Crippen LogP) is 3.22. The number of hydrogen-bond acceptors (Lipinski definition) is 2. The maximum atomic E-state index is 13.8. The highest BCUT2D eigenvalue weighted by atomic mass is 19.1. The number of aryl methyl sites for hydroxylation is 1. The van der Waals surface area contributed by atoms with Gasteiger partial charge in [0.25, 0.3) is 0 Å². The van der Waals surface area contributed by atoms with E-state index in [-0.39, 0.29) is 0 Å². The third-order valence-corrected chi connectivity index (χ3v) is 3.66. The van der Waals surface area contributed by atoms with Crippen molar-refractivity contribution < 1.29 is 4.39 Å². The van der Waals surface area contributed by atoms with Crippen LogP contribution in [0.15, 0.2) is 18.2 Å². The highest BCUT2D eigenvalue weighted by molar-refractivity contribution is 5.52. The average molecular weight is 250 g/mol. The first kappa shape index (κ1) is 13.3. The third kappa shape index (κ3) is 3.22. The zero-order valence-corrected chi connectivity index (χ0v) is 11.5. The Morgan fingerprint density at radius 2 is 2.22 bits per heavy atom. The molecule has 1 aromatic rings. The van der Waals surface area contributed by atoms with Crippen molar-refractivity contribution in [2.24, 2.45) is 5.92 Å². The summed E-state index contributed by atoms with van der Waals surface area (Å²) in [7, 11) is 0. The molecule has 1 aliphatic heterocycles. The van der Waals surface area contributed by atoms with Crippen LogP contribution in [0, 0.1) is 12.8 Å². The summed E-state index contributed by atoms with van der Waals surface area (Å²) < 4.78 is 13.8. The fourth-order valence-corrected chi connectivity index (χ4v) is 2.37. The van der Waals surface area contributed by atoms with Gasteiger partial charge >= 0.3 is 0 Å². The molecule has 1 heterocycles. The number of benzene rings is 1. The fourth-order valence-electron chi connectivity index (χ4n) is 2.37. The lowest BCUT2D eigenvalue weighted by Gasteiger charge is -2.18. The molecule has 1 aromatic carbocycles. The highest BCUT2D eigenvalue weighted by Crippen LogP contribution is 2.28. The Morgan fingerprint density at radius 1 is 1.44 bits per heavy atom. The second kappa shape index (κ2) is 5.27. The van der Waals surface area contributed by atoms with Crippen LogP contribution >= 0.6 is 0 Å². The van der Waals surface area contributed by atoms with Crippen molar-refractivity contribution >= 4 is 5.69 Å². The summed E-state index contributed by atoms with van der Waals surface area (Å²) in [5.74, 6) is 0.710. The van der Waals surface area contributed by atoms with E-state index in [1.54, 1.807) is 13.8 Å². The zero-order valence-electron chi connectivity index (χ0n) is 11.5. The van der Waals surface area contributed by atoms with Crippen molar-refractivity contribution in [1.29, 1.82) is 0 Å². The van der Waals surface area contributed by atoms with Gasteiger partial charge in [-0.25, -0.2) is 4.39 Å². The summed E-state index contributed by atoms with van der Waals surface area (Å²) in [6.07, 6.45) is 1.24. The normalized spacial score (nSPS) is 20.1. The molecular formula is C15H23FN2. The Kier molecular flexibility index (Phi) is 3.91. The van der Waals surface area contributed by atoms with Gasteiger partial charge in [-0.15, -0.1) is 0 Å². The van der Waals surface area contributed by atoms with Gasteiger partial charge < -0.3 is 10.6 Å². The first-order chi connectivity index (χ1) is 8.47. The molecule has 0 radical (unpaired) electrons. The molecule has 0 bridgehead atoms. The first-order valence-corrected chi connectivity index (χ1v) is 6.71. The molecule has 1 aliphatic rings. The molecule has 0 saturated carbocycles. The summed E-state index contributed by atoms with van der Waals surface area (Å²) in [4.78, 5) is 0. The van der Waals surface area contributed by atoms with Gasteiger partial charge in [0.1, 0.15) is 5.67 Å². The second-order valence-corrected chi connectivity index (χ2v) is 5.74. The van der Waals surface area contributed by atoms with Gasteiger partial charge in [0.2, 0.25) is 0 Å². The van der Waals surface area contributed by atoms with Crippen LogP contribution in [0.3, 0.4) is 0 Å². The topological polar surface area (TPSA) is 24.1 Å². The minimum absolute atomic E-state index is 0.710. The predicted molar refractivity (Wildman–Crippen MR) is 74.8 cm³/mol. The smallest absolute Gasteiger partial charge is 0.130 e. The second-order valence-electron chi connectivity index (χ2n) is 5.74. The van der Waals surface area contributed by atoms with Gasteiger partial charge in [-0.2, -0.15) is 0 Å². The molecule has 3 heteroatoms. The van der Waals surface area contributed by atoms with E-state index in [2.05, 4.69) is 10.6 Å². The quantitative estimate of drug-likeness (QED) is 0.857. The number of rotatable bonds is 4. The minimum atomic E-state index is -1.27. The van der Waals surface area contributed by atoms with E-state index >= 15 is 0 Å². The molecular weight excluding hydrogens is 227 g/mol. The number of hydrogen-bond donors (Lipinski definition) is 2. The Balaban J connectivity index is 2.01. The van der Waals surface area contributed by atoms with Crippen LogP contribution in [-0.2, 0) is 5.67 Å². The van der Waals surface area contributed by atoms with Crippen LogP contribution in [0.25, 0.3) is 0 Å². The molecule has 1 saturated heterocycles. The summed E-state index contributed by atoms with van der Waals surface area (Å²) in [5.41, 5.74) is 1.71. The fraction of sp³-hybridized carbons (Fsp3) is 0.600. The van der Waals surface area contributed by atoms with Gasteiger partial charge in [0, 0.05) is 12.2 Å². The summed E-state index contributed by atoms with van der Waals surface area (Å²) in [6.45, 7) is 8.44. The van der Waals surface area contributed by atoms with E-state index in [1.807, 2.05) is 25.1 Å². The lowest BCUT2D eigenvalue weighted by atomic mass is 9.97. The van der Waals surface area contributed by atoms with Gasteiger partial charge in [-0.05, 0) is 63.4 Å². The lowest BCUT2D eigenvalue weighted by molar-refractivity contribution is 0.221. The van der Waals surface area contributed by atoms with Gasteiger partial charge in [0.15, 0.2) is 0 Å². The molecule has 100 valence electrons. The standard InChI is InChI=1S/C15H23FN2/c1-11-8-13(15(2,3)16)4-5-14(11)18-10-12-6-7-17-9-12/h4-5,8,12,17-18H,6-7,9-10H2,1-3H3. The van der Waals surface area contributed by atoms with Gasteiger partial charge in [-0.1, -0.05) is 12.1 Å². The Hall–Kier alpha value is -1.09. The molecule has 1 fully saturated rings. The molecule has 0 spiro atoms. The monoisotopic (exact) mass is 250 g/mol. The van der Waals surface area contributed by atoms with Crippen LogP contribution in [0.5, 0.6) is 0 Å². The molecule has 18 heavy (non-hydrogen) atoms. The van der Waals surface area contributed by atoms with Gasteiger partial charge in [-0.3, -0.25) is 0 Å². The van der Waals surface area contributed by atoms with Crippen molar-refractivity contribution in [3.63, 3.8) is 0 Å². The Labute approximate surface area is 109 Å². The third-order valence-electron chi connectivity index (χ3n) is 3.66. The number of alkyl halides is 1. The summed E-state index contributed by atoms with van der Waals surface area (Å²) in [6, 6.07) is 5.81. The Bertz CT molecular complexity index is 403. The highest BCUT2D eigenvalue weighted by Gasteiger charge is 2.19. The van der Waals surface area contributed by atoms with E-state index in [1.165, 1.54) is 6.42 Å². The molecule has 0 amide bonds. The van der Waals surface area contributed by atoms with E-state index < -0.39 is 5.67 Å². The molecule has 2 nitrogen and oxygen atoms in total. The van der Waals surface area contributed by atoms with E-state index in [9.17, 15) is 4.39 Å². The first-order valence-electron chi connectivity index (χ1n) is 6.71. The average Bonchev–Trinajstić information content (AvgIpc) is 2.79. The van der Waals surface area contributed by atoms with E-state index in [0.717, 1.165) is 36.4 Å². The SMILES string of the molecule is Cc1cc(C(C)(C)F)ccc1NCC1CCNC1. The van der Waals surface area contributed by atoms with Crippen molar-refractivity contribution in [2.45, 2.75) is 32.9 Å². The van der Waals surface area contributed by atoms with Crippen LogP contribution in [0.1, 0.15) is 31.4 Å². The number of nitrogens with one attached hydrogen (secondary N) is 2. The maximum Gasteiger partial charge on any atom is 0.130 e. The summed E-state index contributed by atoms with van der Waals surface area (Å²) >= 11 is 0. The summed E-state index contributed by atoms with van der Waals surface area (Å²) in [5, 5.41) is 6.83. The zero-order chi connectivity index (χ0) is 13.2. The molecule has 1 atom stereocenters. The van der Waals surface area contributed by atoms with E-state index in [4.69, 9.17) is 0 Å². The van der Waals surface area contributed by atoms with Crippen LogP contribution in [-0.4, -0.2) is 19.6 Å². The van der Waals surface area contributed by atoms with Crippen molar-refractivity contribution in [3.05, 3.63) is 29.3 Å². The van der Waals surface area contributed by atoms with Crippen LogP contribution < -0.4 is 10.6 Å². The van der Waals surface area contributed by atoms with Crippen LogP contribution in [0.4, 0.5) is 10.1 Å². The molecule has 0 aliphatic carbocycles. The number of halogens is 1. The molecule has 1 unspecified atom stereocenters. The van der Waals surface area contributed by atoms with Gasteiger partial charge in [0.05, 0.1) is 0 Å². The van der Waals surface area contributed by atoms with Crippen molar-refractivity contribution in [3.8, 4) is 0 Å². The lowest BCUT2D eigenvalue weighted by Crippen LogP contribution is -2.18. The van der Waals surface area contributed by atoms with Crippen LogP contribution in [0.2, 0.25) is 0 Å². The van der Waals surface area contributed by atoms with Crippen molar-refractivity contribution in [1.82, 2.24) is 5.32 Å². The van der Waals surface area contributed by atoms with E-state index in [0.29, 0.717) is 5.92 Å². The maximum absolute atomic E-state index is 13.8. The largest absolute Gasteiger partial charge is 0.385 e. The molecule has 2 N–H and O–H groups in total. The van der Waals surface area contributed by atoms with Crippen molar-refractivity contribution in [2.75, 3.05) is 25.0 Å². The molecule has 0 aromatic heterocycles.